The van der Waals surface area contributed by atoms with Crippen LogP contribution < -0.4 is 0 Å². The monoisotopic (exact) mass is 338 g/mol. The Morgan fingerprint density at radius 3 is 1.17 bits per heavy atom. The van der Waals surface area contributed by atoms with Crippen molar-refractivity contribution in [1.82, 2.24) is 0 Å². The Balaban J connectivity index is 2.06. The molecule has 0 heterocycles. The number of ether oxygens (including phenoxy) is 2. The van der Waals surface area contributed by atoms with Gasteiger partial charge in [-0.2, -0.15) is 0 Å². The van der Waals surface area contributed by atoms with Crippen molar-refractivity contribution in [2.24, 2.45) is 22.7 Å². The van der Waals surface area contributed by atoms with Crippen molar-refractivity contribution in [3.8, 4) is 0 Å². The first-order valence-corrected chi connectivity index (χ1v) is 9.10. The van der Waals surface area contributed by atoms with E-state index in [0.717, 1.165) is 25.7 Å². The van der Waals surface area contributed by atoms with Crippen LogP contribution in [0.4, 0.5) is 0 Å². The summed E-state index contributed by atoms with van der Waals surface area (Å²) in [5.74, 6) is -0.293. The average molecular weight is 338 g/mol. The van der Waals surface area contributed by atoms with E-state index in [2.05, 4.69) is 13.8 Å². The number of rotatable bonds is 2. The van der Waals surface area contributed by atoms with E-state index >= 15 is 0 Å². The first-order valence-electron chi connectivity index (χ1n) is 9.10. The number of hydrogen-bond donors (Lipinski definition) is 0. The summed E-state index contributed by atoms with van der Waals surface area (Å²) in [7, 11) is 0. The highest BCUT2D eigenvalue weighted by Gasteiger charge is 2.61. The van der Waals surface area contributed by atoms with Crippen LogP contribution in [0, 0.1) is 22.7 Å². The number of carbonyl (C=O) groups is 2. The van der Waals surface area contributed by atoms with Crippen LogP contribution in [-0.4, -0.2) is 23.1 Å². The molecule has 2 rings (SSSR count). The van der Waals surface area contributed by atoms with Crippen LogP contribution in [0.5, 0.6) is 0 Å². The zero-order valence-electron chi connectivity index (χ0n) is 16.6. The molecule has 0 spiro atoms. The molecule has 0 aromatic carbocycles. The number of carbonyl (C=O) groups excluding carboxylic acids is 2. The fraction of sp³-hybridized carbons (Fsp3) is 0.900. The van der Waals surface area contributed by atoms with E-state index in [9.17, 15) is 9.59 Å². The van der Waals surface area contributed by atoms with E-state index in [1.807, 2.05) is 41.5 Å². The first-order chi connectivity index (χ1) is 10.6. The van der Waals surface area contributed by atoms with Gasteiger partial charge in [-0.3, -0.25) is 9.59 Å². The summed E-state index contributed by atoms with van der Waals surface area (Å²) >= 11 is 0. The predicted molar refractivity (Wildman–Crippen MR) is 93.4 cm³/mol. The second-order valence-electron chi connectivity index (χ2n) is 10.4. The molecule has 4 heteroatoms. The zero-order chi connectivity index (χ0) is 18.6. The predicted octanol–water partition coefficient (Wildman–Crippen LogP) is 4.50. The number of hydrogen-bond acceptors (Lipinski definition) is 4. The summed E-state index contributed by atoms with van der Waals surface area (Å²) in [6, 6.07) is 0. The van der Waals surface area contributed by atoms with Crippen molar-refractivity contribution >= 4 is 11.9 Å². The highest BCUT2D eigenvalue weighted by atomic mass is 16.6. The minimum atomic E-state index is -0.449. The maximum atomic E-state index is 12.5. The van der Waals surface area contributed by atoms with Crippen LogP contribution in [0.1, 0.15) is 81.1 Å². The second kappa shape index (κ2) is 5.74. The van der Waals surface area contributed by atoms with Gasteiger partial charge in [0.05, 0.1) is 11.8 Å². The van der Waals surface area contributed by atoms with Gasteiger partial charge in [0.25, 0.3) is 0 Å². The lowest BCUT2D eigenvalue weighted by molar-refractivity contribution is -0.160. The lowest BCUT2D eigenvalue weighted by Crippen LogP contribution is -2.30. The summed E-state index contributed by atoms with van der Waals surface area (Å²) in [6.45, 7) is 15.9. The summed E-state index contributed by atoms with van der Waals surface area (Å²) in [4.78, 5) is 24.9. The molecule has 0 aliphatic heterocycles. The molecular formula is C20H34O4. The van der Waals surface area contributed by atoms with Crippen LogP contribution in [0.3, 0.4) is 0 Å². The highest BCUT2D eigenvalue weighted by Crippen LogP contribution is 2.66. The van der Waals surface area contributed by atoms with Crippen molar-refractivity contribution in [2.75, 3.05) is 0 Å². The van der Waals surface area contributed by atoms with Crippen LogP contribution in [0.25, 0.3) is 0 Å². The van der Waals surface area contributed by atoms with Crippen molar-refractivity contribution < 1.29 is 19.1 Å². The molecule has 0 N–H and O–H groups in total. The van der Waals surface area contributed by atoms with Crippen LogP contribution in [0.15, 0.2) is 0 Å². The normalized spacial score (nSPS) is 36.3. The van der Waals surface area contributed by atoms with E-state index in [1.54, 1.807) is 0 Å². The van der Waals surface area contributed by atoms with Gasteiger partial charge < -0.3 is 9.47 Å². The quantitative estimate of drug-likeness (QED) is 0.696. The number of fused-ring (bicyclic) bond motifs is 1. The van der Waals surface area contributed by atoms with Crippen LogP contribution in [0.2, 0.25) is 0 Å². The minimum absolute atomic E-state index is 0.00383. The molecule has 0 bridgehead atoms. The van der Waals surface area contributed by atoms with Crippen molar-refractivity contribution in [3.63, 3.8) is 0 Å². The molecule has 2 aliphatic rings. The molecular weight excluding hydrogens is 304 g/mol. The Bertz CT molecular complexity index is 461. The van der Waals surface area contributed by atoms with Crippen LogP contribution >= 0.6 is 0 Å². The Morgan fingerprint density at radius 2 is 0.958 bits per heavy atom. The fourth-order valence-corrected chi connectivity index (χ4v) is 4.58. The second-order valence-corrected chi connectivity index (χ2v) is 10.4. The van der Waals surface area contributed by atoms with E-state index < -0.39 is 11.2 Å². The van der Waals surface area contributed by atoms with Gasteiger partial charge >= 0.3 is 11.9 Å². The Morgan fingerprint density at radius 1 is 0.708 bits per heavy atom. The van der Waals surface area contributed by atoms with Gasteiger partial charge in [-0.25, -0.2) is 0 Å². The average Bonchev–Trinajstić information content (AvgIpc) is 2.70. The van der Waals surface area contributed by atoms with Crippen molar-refractivity contribution in [2.45, 2.75) is 92.3 Å². The van der Waals surface area contributed by atoms with Gasteiger partial charge in [0, 0.05) is 0 Å². The maximum Gasteiger partial charge on any atom is 0.309 e. The number of esters is 2. The van der Waals surface area contributed by atoms with Gasteiger partial charge in [-0.05, 0) is 78.1 Å². The molecule has 2 saturated carbocycles. The third kappa shape index (κ3) is 3.94. The molecule has 0 saturated heterocycles. The molecule has 0 aromatic rings. The van der Waals surface area contributed by atoms with E-state index in [4.69, 9.17) is 9.47 Å². The summed E-state index contributed by atoms with van der Waals surface area (Å²) in [6.07, 6.45) is 3.21. The first kappa shape index (κ1) is 19.3. The third-order valence-corrected chi connectivity index (χ3v) is 5.73. The molecule has 4 nitrogen and oxygen atoms in total. The molecule has 0 atom stereocenters. The molecule has 0 unspecified atom stereocenters. The summed E-state index contributed by atoms with van der Waals surface area (Å²) in [5.41, 5.74) is -0.905. The standard InChI is InChI=1S/C20H34O4/c1-17(2,3)23-15(21)13-9-19(7)11-14(12-20(19,8)10-13)16(22)24-18(4,5)6/h13-14H,9-12H2,1-8H3. The molecule has 138 valence electrons. The molecule has 2 aliphatic carbocycles. The summed E-state index contributed by atoms with van der Waals surface area (Å²) < 4.78 is 11.2. The Labute approximate surface area is 146 Å². The molecule has 2 fully saturated rings. The third-order valence-electron chi connectivity index (χ3n) is 5.73. The van der Waals surface area contributed by atoms with Gasteiger partial charge in [-0.1, -0.05) is 13.8 Å². The van der Waals surface area contributed by atoms with Gasteiger partial charge in [-0.15, -0.1) is 0 Å². The van der Waals surface area contributed by atoms with Crippen LogP contribution in [-0.2, 0) is 19.1 Å². The van der Waals surface area contributed by atoms with E-state index in [-0.39, 0.29) is 34.6 Å². The minimum Gasteiger partial charge on any atom is -0.460 e. The van der Waals surface area contributed by atoms with Gasteiger partial charge in [0.2, 0.25) is 0 Å². The lowest BCUT2D eigenvalue weighted by atomic mass is 9.71. The smallest absolute Gasteiger partial charge is 0.309 e. The molecule has 0 aromatic heterocycles. The fourth-order valence-electron chi connectivity index (χ4n) is 4.58. The molecule has 0 radical (unpaired) electrons. The lowest BCUT2D eigenvalue weighted by Gasteiger charge is -2.33. The largest absolute Gasteiger partial charge is 0.460 e. The summed E-state index contributed by atoms with van der Waals surface area (Å²) in [5, 5.41) is 0. The van der Waals surface area contributed by atoms with Crippen molar-refractivity contribution in [1.29, 1.82) is 0 Å². The highest BCUT2D eigenvalue weighted by molar-refractivity contribution is 5.75. The van der Waals surface area contributed by atoms with Gasteiger partial charge in [0.15, 0.2) is 0 Å². The molecule has 24 heavy (non-hydrogen) atoms. The zero-order valence-corrected chi connectivity index (χ0v) is 16.6. The molecule has 0 amide bonds. The Kier molecular flexibility index (Phi) is 4.61. The maximum absolute atomic E-state index is 12.5. The van der Waals surface area contributed by atoms with Gasteiger partial charge in [0.1, 0.15) is 11.2 Å². The van der Waals surface area contributed by atoms with E-state index in [1.165, 1.54) is 0 Å². The van der Waals surface area contributed by atoms with E-state index in [0.29, 0.717) is 0 Å². The SMILES string of the molecule is CC(C)(C)OC(=O)C1CC2(C)CC(C(=O)OC(C)(C)C)CC2(C)C1. The Hall–Kier alpha value is -1.06. The van der Waals surface area contributed by atoms with Crippen molar-refractivity contribution in [3.05, 3.63) is 0 Å². The topological polar surface area (TPSA) is 52.6 Å².